The Bertz CT molecular complexity index is 416. The average Bonchev–Trinajstić information content (AvgIpc) is 2.88. The van der Waals surface area contributed by atoms with E-state index in [-0.39, 0.29) is 5.91 Å². The lowest BCUT2D eigenvalue weighted by molar-refractivity contribution is -0.120. The molecule has 2 rings (SSSR count). The van der Waals surface area contributed by atoms with Gasteiger partial charge in [0.15, 0.2) is 0 Å². The Kier molecular flexibility index (Phi) is 5.86. The molecule has 19 heavy (non-hydrogen) atoms. The number of nitrogens with one attached hydrogen (secondary N) is 1. The summed E-state index contributed by atoms with van der Waals surface area (Å²) in [7, 11) is 0. The van der Waals surface area contributed by atoms with Gasteiger partial charge in [0.05, 0.1) is 6.42 Å². The maximum absolute atomic E-state index is 11.8. The SMILES string of the molecule is O=C(Cc1cccc(Br)c1)NCCCN1CCCC1. The molecule has 1 aliphatic heterocycles. The highest BCUT2D eigenvalue weighted by Crippen LogP contribution is 2.12. The van der Waals surface area contributed by atoms with Crippen molar-refractivity contribution in [3.8, 4) is 0 Å². The minimum Gasteiger partial charge on any atom is -0.356 e. The number of hydrogen-bond acceptors (Lipinski definition) is 2. The third-order valence-electron chi connectivity index (χ3n) is 3.43. The van der Waals surface area contributed by atoms with Crippen LogP contribution in [0.4, 0.5) is 0 Å². The second-order valence-electron chi connectivity index (χ2n) is 5.06. The van der Waals surface area contributed by atoms with Gasteiger partial charge in [0, 0.05) is 11.0 Å². The fourth-order valence-corrected chi connectivity index (χ4v) is 2.88. The van der Waals surface area contributed by atoms with Crippen molar-refractivity contribution in [3.05, 3.63) is 34.3 Å². The maximum atomic E-state index is 11.8. The minimum atomic E-state index is 0.111. The molecule has 1 aliphatic rings. The van der Waals surface area contributed by atoms with Crippen molar-refractivity contribution in [2.75, 3.05) is 26.2 Å². The minimum absolute atomic E-state index is 0.111. The van der Waals surface area contributed by atoms with Crippen LogP contribution < -0.4 is 5.32 Å². The molecular formula is C15H21BrN2O. The molecular weight excluding hydrogens is 304 g/mol. The van der Waals surface area contributed by atoms with Crippen LogP contribution in [-0.2, 0) is 11.2 Å². The van der Waals surface area contributed by atoms with E-state index in [1.165, 1.54) is 25.9 Å². The molecule has 3 nitrogen and oxygen atoms in total. The van der Waals surface area contributed by atoms with Crippen LogP contribution in [0.1, 0.15) is 24.8 Å². The lowest BCUT2D eigenvalue weighted by Gasteiger charge is -2.14. The number of hydrogen-bond donors (Lipinski definition) is 1. The van der Waals surface area contributed by atoms with Crippen molar-refractivity contribution in [2.45, 2.75) is 25.7 Å². The van der Waals surface area contributed by atoms with Crippen LogP contribution >= 0.6 is 15.9 Å². The molecule has 0 atom stereocenters. The summed E-state index contributed by atoms with van der Waals surface area (Å²) in [6, 6.07) is 7.90. The molecule has 0 saturated carbocycles. The van der Waals surface area contributed by atoms with Crippen LogP contribution in [0, 0.1) is 0 Å². The number of likely N-dealkylation sites (tertiary alicyclic amines) is 1. The smallest absolute Gasteiger partial charge is 0.224 e. The van der Waals surface area contributed by atoms with Gasteiger partial charge >= 0.3 is 0 Å². The second kappa shape index (κ2) is 7.65. The molecule has 0 radical (unpaired) electrons. The van der Waals surface area contributed by atoms with Gasteiger partial charge in [0.2, 0.25) is 5.91 Å². The zero-order chi connectivity index (χ0) is 13.5. The first-order valence-electron chi connectivity index (χ1n) is 6.97. The summed E-state index contributed by atoms with van der Waals surface area (Å²) in [5, 5.41) is 2.99. The van der Waals surface area contributed by atoms with Crippen LogP contribution in [0.2, 0.25) is 0 Å². The predicted molar refractivity (Wildman–Crippen MR) is 81.1 cm³/mol. The third-order valence-corrected chi connectivity index (χ3v) is 3.92. The topological polar surface area (TPSA) is 32.3 Å². The highest BCUT2D eigenvalue weighted by Gasteiger charge is 2.10. The van der Waals surface area contributed by atoms with Crippen LogP contribution in [-0.4, -0.2) is 37.0 Å². The summed E-state index contributed by atoms with van der Waals surface area (Å²) in [4.78, 5) is 14.3. The predicted octanol–water partition coefficient (Wildman–Crippen LogP) is 2.59. The third kappa shape index (κ3) is 5.33. The Morgan fingerprint density at radius 1 is 1.32 bits per heavy atom. The van der Waals surface area contributed by atoms with Gasteiger partial charge in [-0.15, -0.1) is 0 Å². The number of amides is 1. The molecule has 1 saturated heterocycles. The van der Waals surface area contributed by atoms with Crippen molar-refractivity contribution in [3.63, 3.8) is 0 Å². The second-order valence-corrected chi connectivity index (χ2v) is 5.97. The number of benzene rings is 1. The van der Waals surface area contributed by atoms with Gasteiger partial charge in [-0.2, -0.15) is 0 Å². The molecule has 1 fully saturated rings. The fraction of sp³-hybridized carbons (Fsp3) is 0.533. The molecule has 0 bridgehead atoms. The van der Waals surface area contributed by atoms with Crippen molar-refractivity contribution in [1.29, 1.82) is 0 Å². The van der Waals surface area contributed by atoms with Gasteiger partial charge in [0.25, 0.3) is 0 Å². The van der Waals surface area contributed by atoms with E-state index in [2.05, 4.69) is 26.1 Å². The normalized spacial score (nSPS) is 15.6. The number of carbonyl (C=O) groups excluding carboxylic acids is 1. The van der Waals surface area contributed by atoms with E-state index in [0.717, 1.165) is 29.5 Å². The van der Waals surface area contributed by atoms with Crippen LogP contribution in [0.15, 0.2) is 28.7 Å². The summed E-state index contributed by atoms with van der Waals surface area (Å²) in [5.41, 5.74) is 1.05. The molecule has 0 spiro atoms. The zero-order valence-corrected chi connectivity index (χ0v) is 12.8. The summed E-state index contributed by atoms with van der Waals surface area (Å²) < 4.78 is 1.02. The van der Waals surface area contributed by atoms with Crippen molar-refractivity contribution < 1.29 is 4.79 Å². The molecule has 1 N–H and O–H groups in total. The van der Waals surface area contributed by atoms with E-state index in [0.29, 0.717) is 6.42 Å². The largest absolute Gasteiger partial charge is 0.356 e. The highest BCUT2D eigenvalue weighted by molar-refractivity contribution is 9.10. The van der Waals surface area contributed by atoms with E-state index >= 15 is 0 Å². The standard InChI is InChI=1S/C15H21BrN2O/c16-14-6-3-5-13(11-14)12-15(19)17-7-4-10-18-8-1-2-9-18/h3,5-6,11H,1-2,4,7-10,12H2,(H,17,19). The Balaban J connectivity index is 1.61. The Morgan fingerprint density at radius 2 is 2.11 bits per heavy atom. The van der Waals surface area contributed by atoms with Crippen molar-refractivity contribution >= 4 is 21.8 Å². The summed E-state index contributed by atoms with van der Waals surface area (Å²) in [5.74, 6) is 0.111. The lowest BCUT2D eigenvalue weighted by Crippen LogP contribution is -2.29. The van der Waals surface area contributed by atoms with E-state index in [1.54, 1.807) is 0 Å². The summed E-state index contributed by atoms with van der Waals surface area (Å²) in [6.07, 6.45) is 4.16. The Morgan fingerprint density at radius 3 is 2.84 bits per heavy atom. The fourth-order valence-electron chi connectivity index (χ4n) is 2.43. The molecule has 0 aromatic heterocycles. The van der Waals surface area contributed by atoms with Gasteiger partial charge in [-0.1, -0.05) is 28.1 Å². The van der Waals surface area contributed by atoms with E-state index in [9.17, 15) is 4.79 Å². The number of rotatable bonds is 6. The van der Waals surface area contributed by atoms with Crippen LogP contribution in [0.25, 0.3) is 0 Å². The van der Waals surface area contributed by atoms with Gasteiger partial charge in [-0.25, -0.2) is 0 Å². The summed E-state index contributed by atoms with van der Waals surface area (Å²) >= 11 is 3.42. The first kappa shape index (κ1) is 14.5. The molecule has 104 valence electrons. The zero-order valence-electron chi connectivity index (χ0n) is 11.2. The molecule has 4 heteroatoms. The van der Waals surface area contributed by atoms with Gasteiger partial charge in [0.1, 0.15) is 0 Å². The van der Waals surface area contributed by atoms with Gasteiger partial charge in [-0.3, -0.25) is 4.79 Å². The molecule has 1 heterocycles. The molecule has 0 aliphatic carbocycles. The Hall–Kier alpha value is -0.870. The number of carbonyl (C=O) groups is 1. The lowest BCUT2D eigenvalue weighted by atomic mass is 10.1. The van der Waals surface area contributed by atoms with Crippen LogP contribution in [0.3, 0.4) is 0 Å². The summed E-state index contributed by atoms with van der Waals surface area (Å²) in [6.45, 7) is 4.35. The average molecular weight is 325 g/mol. The van der Waals surface area contributed by atoms with E-state index in [4.69, 9.17) is 0 Å². The van der Waals surface area contributed by atoms with E-state index < -0.39 is 0 Å². The first-order valence-corrected chi connectivity index (χ1v) is 7.77. The number of halogens is 1. The van der Waals surface area contributed by atoms with Crippen molar-refractivity contribution in [2.24, 2.45) is 0 Å². The monoisotopic (exact) mass is 324 g/mol. The van der Waals surface area contributed by atoms with Crippen LogP contribution in [0.5, 0.6) is 0 Å². The van der Waals surface area contributed by atoms with Gasteiger partial charge < -0.3 is 10.2 Å². The Labute approximate surface area is 123 Å². The molecule has 1 aromatic carbocycles. The van der Waals surface area contributed by atoms with Gasteiger partial charge in [-0.05, 0) is 56.6 Å². The quantitative estimate of drug-likeness (QED) is 0.816. The van der Waals surface area contributed by atoms with E-state index in [1.807, 2.05) is 24.3 Å². The molecule has 0 unspecified atom stereocenters. The number of nitrogens with zero attached hydrogens (tertiary/aromatic N) is 1. The highest BCUT2D eigenvalue weighted by atomic mass is 79.9. The maximum Gasteiger partial charge on any atom is 0.224 e. The molecule has 1 aromatic rings. The first-order chi connectivity index (χ1) is 9.24. The molecule has 1 amide bonds. The van der Waals surface area contributed by atoms with Crippen molar-refractivity contribution in [1.82, 2.24) is 10.2 Å².